The monoisotopic (exact) mass is 438 g/mol. The number of anilines is 3. The summed E-state index contributed by atoms with van der Waals surface area (Å²) in [4.78, 5) is 19.3. The summed E-state index contributed by atoms with van der Waals surface area (Å²) < 4.78 is 5.40. The molecule has 0 spiro atoms. The van der Waals surface area contributed by atoms with E-state index in [1.165, 1.54) is 5.69 Å². The second-order valence-corrected chi connectivity index (χ2v) is 8.54. The first-order chi connectivity index (χ1) is 15.7. The number of nitrogens with zero attached hydrogens (tertiary/aromatic N) is 5. The van der Waals surface area contributed by atoms with Crippen LogP contribution in [-0.2, 0) is 9.53 Å². The van der Waals surface area contributed by atoms with Crippen LogP contribution < -0.4 is 20.0 Å². The summed E-state index contributed by atoms with van der Waals surface area (Å²) in [5.74, 6) is 1.89. The second-order valence-electron chi connectivity index (χ2n) is 8.54. The van der Waals surface area contributed by atoms with Gasteiger partial charge in [0.15, 0.2) is 11.6 Å². The van der Waals surface area contributed by atoms with Crippen LogP contribution in [0, 0.1) is 5.92 Å². The predicted molar refractivity (Wildman–Crippen MR) is 127 cm³/mol. The van der Waals surface area contributed by atoms with Crippen molar-refractivity contribution in [2.45, 2.75) is 19.3 Å². The maximum Gasteiger partial charge on any atom is 0.224 e. The van der Waals surface area contributed by atoms with Crippen molar-refractivity contribution in [2.24, 2.45) is 5.92 Å². The third-order valence-corrected chi connectivity index (χ3v) is 6.25. The molecule has 0 radical (unpaired) electrons. The molecular weight excluding hydrogens is 404 g/mol. The molecule has 2 aromatic rings. The lowest BCUT2D eigenvalue weighted by Gasteiger charge is -2.33. The lowest BCUT2D eigenvalue weighted by molar-refractivity contribution is -0.125. The Hall–Kier alpha value is -2.87. The number of morpholine rings is 1. The molecule has 1 N–H and O–H groups in total. The van der Waals surface area contributed by atoms with Crippen molar-refractivity contribution in [3.63, 3.8) is 0 Å². The molecule has 8 heteroatoms. The Morgan fingerprint density at radius 1 is 1.06 bits per heavy atom. The standard InChI is InChI=1S/C24H34N6O2/c1-28(21-8-3-2-4-9-21)13-6-12-25-24(31)20-7-5-14-30(19-20)23-11-10-22(26-27-23)29-15-17-32-18-16-29/h2-4,8-11,20H,5-7,12-19H2,1H3,(H,25,31). The highest BCUT2D eigenvalue weighted by Gasteiger charge is 2.26. The Morgan fingerprint density at radius 3 is 2.50 bits per heavy atom. The van der Waals surface area contributed by atoms with Crippen LogP contribution in [0.1, 0.15) is 19.3 Å². The van der Waals surface area contributed by atoms with E-state index in [-0.39, 0.29) is 11.8 Å². The Morgan fingerprint density at radius 2 is 1.78 bits per heavy atom. The van der Waals surface area contributed by atoms with Crippen molar-refractivity contribution in [1.29, 1.82) is 0 Å². The van der Waals surface area contributed by atoms with E-state index in [1.807, 2.05) is 30.3 Å². The lowest BCUT2D eigenvalue weighted by atomic mass is 9.97. The smallest absolute Gasteiger partial charge is 0.224 e. The molecule has 1 aromatic heterocycles. The van der Waals surface area contributed by atoms with Gasteiger partial charge in [-0.2, -0.15) is 0 Å². The van der Waals surface area contributed by atoms with Crippen LogP contribution >= 0.6 is 0 Å². The van der Waals surface area contributed by atoms with Crippen LogP contribution in [0.4, 0.5) is 17.3 Å². The van der Waals surface area contributed by atoms with E-state index >= 15 is 0 Å². The van der Waals surface area contributed by atoms with E-state index in [9.17, 15) is 4.79 Å². The molecule has 172 valence electrons. The van der Waals surface area contributed by atoms with Gasteiger partial charge in [0.1, 0.15) is 0 Å². The van der Waals surface area contributed by atoms with Gasteiger partial charge in [0.25, 0.3) is 0 Å². The number of benzene rings is 1. The van der Waals surface area contributed by atoms with E-state index in [1.54, 1.807) is 0 Å². The van der Waals surface area contributed by atoms with E-state index in [2.05, 4.69) is 49.4 Å². The van der Waals surface area contributed by atoms with Crippen molar-refractivity contribution in [2.75, 3.05) is 74.2 Å². The van der Waals surface area contributed by atoms with Crippen LogP contribution in [0.25, 0.3) is 0 Å². The molecule has 0 saturated carbocycles. The minimum atomic E-state index is -0.00340. The first-order valence-electron chi connectivity index (χ1n) is 11.7. The fourth-order valence-electron chi connectivity index (χ4n) is 4.33. The molecule has 1 unspecified atom stereocenters. The maximum absolute atomic E-state index is 12.7. The number of carbonyl (C=O) groups is 1. The van der Waals surface area contributed by atoms with Crippen LogP contribution in [0.3, 0.4) is 0 Å². The third kappa shape index (κ3) is 5.88. The van der Waals surface area contributed by atoms with E-state index in [0.29, 0.717) is 13.1 Å². The number of piperidine rings is 1. The number of ether oxygens (including phenoxy) is 1. The second kappa shape index (κ2) is 11.1. The molecule has 1 aromatic carbocycles. The molecule has 3 heterocycles. The Labute approximate surface area is 190 Å². The van der Waals surface area contributed by atoms with Crippen molar-refractivity contribution < 1.29 is 9.53 Å². The van der Waals surface area contributed by atoms with Crippen molar-refractivity contribution in [3.05, 3.63) is 42.5 Å². The highest BCUT2D eigenvalue weighted by Crippen LogP contribution is 2.23. The molecule has 2 saturated heterocycles. The summed E-state index contributed by atoms with van der Waals surface area (Å²) in [7, 11) is 2.08. The number of nitrogens with one attached hydrogen (secondary N) is 1. The van der Waals surface area contributed by atoms with Crippen molar-refractivity contribution >= 4 is 23.2 Å². The number of hydrogen-bond acceptors (Lipinski definition) is 7. The van der Waals surface area contributed by atoms with Crippen LogP contribution in [0.15, 0.2) is 42.5 Å². The Balaban J connectivity index is 1.22. The largest absolute Gasteiger partial charge is 0.378 e. The summed E-state index contributed by atoms with van der Waals surface area (Å²) in [6, 6.07) is 14.4. The van der Waals surface area contributed by atoms with Crippen LogP contribution in [0.5, 0.6) is 0 Å². The normalized spacial score (nSPS) is 19.0. The zero-order valence-electron chi connectivity index (χ0n) is 18.9. The molecule has 1 atom stereocenters. The van der Waals surface area contributed by atoms with Gasteiger partial charge in [0, 0.05) is 52.0 Å². The van der Waals surface area contributed by atoms with E-state index in [0.717, 1.165) is 70.3 Å². The molecule has 0 bridgehead atoms. The van der Waals surface area contributed by atoms with Crippen molar-refractivity contribution in [1.82, 2.24) is 15.5 Å². The minimum absolute atomic E-state index is 0.00340. The summed E-state index contributed by atoms with van der Waals surface area (Å²) in [5.41, 5.74) is 1.20. The number of rotatable bonds is 8. The van der Waals surface area contributed by atoms with E-state index < -0.39 is 0 Å². The Kier molecular flexibility index (Phi) is 7.77. The summed E-state index contributed by atoms with van der Waals surface area (Å²) in [5, 5.41) is 12.0. The molecule has 32 heavy (non-hydrogen) atoms. The molecule has 0 aliphatic carbocycles. The molecular formula is C24H34N6O2. The Bertz CT molecular complexity index is 841. The lowest BCUT2D eigenvalue weighted by Crippen LogP contribution is -2.44. The summed E-state index contributed by atoms with van der Waals surface area (Å²) in [6.45, 7) is 6.37. The average molecular weight is 439 g/mol. The maximum atomic E-state index is 12.7. The third-order valence-electron chi connectivity index (χ3n) is 6.25. The van der Waals surface area contributed by atoms with Gasteiger partial charge in [-0.15, -0.1) is 10.2 Å². The summed E-state index contributed by atoms with van der Waals surface area (Å²) in [6.07, 6.45) is 2.83. The van der Waals surface area contributed by atoms with Crippen molar-refractivity contribution in [3.8, 4) is 0 Å². The highest BCUT2D eigenvalue weighted by molar-refractivity contribution is 5.79. The van der Waals surface area contributed by atoms with Gasteiger partial charge < -0.3 is 24.8 Å². The summed E-state index contributed by atoms with van der Waals surface area (Å²) >= 11 is 0. The fourth-order valence-corrected chi connectivity index (χ4v) is 4.33. The molecule has 8 nitrogen and oxygen atoms in total. The zero-order valence-corrected chi connectivity index (χ0v) is 18.9. The number of hydrogen-bond donors (Lipinski definition) is 1. The SMILES string of the molecule is CN(CCCNC(=O)C1CCCN(c2ccc(N3CCOCC3)nn2)C1)c1ccccc1. The number of amides is 1. The quantitative estimate of drug-likeness (QED) is 0.633. The zero-order chi connectivity index (χ0) is 22.2. The minimum Gasteiger partial charge on any atom is -0.378 e. The number of para-hydroxylation sites is 1. The van der Waals surface area contributed by atoms with Gasteiger partial charge in [-0.25, -0.2) is 0 Å². The van der Waals surface area contributed by atoms with Gasteiger partial charge in [0.2, 0.25) is 5.91 Å². The van der Waals surface area contributed by atoms with Gasteiger partial charge in [-0.05, 0) is 43.5 Å². The van der Waals surface area contributed by atoms with Gasteiger partial charge in [0.05, 0.1) is 19.1 Å². The highest BCUT2D eigenvalue weighted by atomic mass is 16.5. The van der Waals surface area contributed by atoms with Crippen LogP contribution in [0.2, 0.25) is 0 Å². The van der Waals surface area contributed by atoms with Crippen LogP contribution in [-0.4, -0.2) is 75.6 Å². The first kappa shape index (κ1) is 22.3. The molecule has 4 rings (SSSR count). The van der Waals surface area contributed by atoms with Gasteiger partial charge >= 0.3 is 0 Å². The van der Waals surface area contributed by atoms with Gasteiger partial charge in [-0.3, -0.25) is 4.79 Å². The number of carbonyl (C=O) groups excluding carboxylic acids is 1. The van der Waals surface area contributed by atoms with E-state index in [4.69, 9.17) is 4.74 Å². The molecule has 2 fully saturated rings. The number of aromatic nitrogens is 2. The van der Waals surface area contributed by atoms with Gasteiger partial charge in [-0.1, -0.05) is 18.2 Å². The molecule has 1 amide bonds. The first-order valence-corrected chi connectivity index (χ1v) is 11.7. The molecule has 2 aliphatic rings. The topological polar surface area (TPSA) is 73.8 Å². The average Bonchev–Trinajstić information content (AvgIpc) is 2.87. The molecule has 2 aliphatic heterocycles. The fraction of sp³-hybridized carbons (Fsp3) is 0.542. The predicted octanol–water partition coefficient (Wildman–Crippen LogP) is 2.17.